The van der Waals surface area contributed by atoms with E-state index < -0.39 is 13.4 Å². The van der Waals surface area contributed by atoms with Crippen LogP contribution >= 0.6 is 0 Å². The van der Waals surface area contributed by atoms with Crippen LogP contribution in [-0.2, 0) is 32.0 Å². The molecule has 0 aliphatic rings. The van der Waals surface area contributed by atoms with E-state index in [0.29, 0.717) is 0 Å². The fourth-order valence-electron chi connectivity index (χ4n) is 0. The van der Waals surface area contributed by atoms with Crippen LogP contribution in [0.15, 0.2) is 0 Å². The second kappa shape index (κ2) is 22.5. The standard InChI is InChI=1S/C2H6O.2CF3.Cd/c1-3-2;2*2-1(3)4;/h1-2H3;;;/q;2*-1;+2. The molecule has 0 amide bonds. The maximum atomic E-state index is 9.58. The van der Waals surface area contributed by atoms with Gasteiger partial charge in [0.25, 0.3) is 0 Å². The second-order valence-electron chi connectivity index (χ2n) is 0.837. The molecule has 0 radical (unpaired) electrons. The van der Waals surface area contributed by atoms with Gasteiger partial charge in [-0.3, -0.25) is 0 Å². The molecule has 1 nitrogen and oxygen atoms in total. The normalized spacial score (nSPS) is 7.50. The minimum absolute atomic E-state index is 0. The van der Waals surface area contributed by atoms with Gasteiger partial charge in [-0.1, -0.05) is 0 Å². The van der Waals surface area contributed by atoms with Crippen molar-refractivity contribution in [3.8, 4) is 0 Å². The summed E-state index contributed by atoms with van der Waals surface area (Å²) in [6.45, 7) is -6.17. The molecule has 0 fully saturated rings. The van der Waals surface area contributed by atoms with Crippen LogP contribution in [0.5, 0.6) is 0 Å². The molecule has 0 unspecified atom stereocenters. The summed E-state index contributed by atoms with van der Waals surface area (Å²) < 4.78 is 61.8. The maximum absolute atomic E-state index is 9.58. The molecule has 0 aromatic rings. The molecule has 8 heteroatoms. The van der Waals surface area contributed by atoms with Gasteiger partial charge in [-0.2, -0.15) is 0 Å². The van der Waals surface area contributed by atoms with Gasteiger partial charge < -0.3 is 31.1 Å². The first kappa shape index (κ1) is 22.9. The number of halogens is 6. The van der Waals surface area contributed by atoms with Gasteiger partial charge in [0.05, 0.1) is 0 Å². The molecule has 72 valence electrons. The first-order valence-electron chi connectivity index (χ1n) is 1.95. The van der Waals surface area contributed by atoms with Gasteiger partial charge in [0.15, 0.2) is 13.4 Å². The Morgan fingerprint density at radius 3 is 0.750 bits per heavy atom. The van der Waals surface area contributed by atoms with E-state index >= 15 is 0 Å². The number of ether oxygens (including phenoxy) is 1. The summed E-state index contributed by atoms with van der Waals surface area (Å²) >= 11 is 0. The summed E-state index contributed by atoms with van der Waals surface area (Å²) in [5, 5.41) is 0. The van der Waals surface area contributed by atoms with Crippen molar-refractivity contribution in [3.05, 3.63) is 13.4 Å². The third-order valence-electron chi connectivity index (χ3n) is 0. The first-order chi connectivity index (χ1) is 4.88. The Morgan fingerprint density at radius 2 is 0.750 bits per heavy atom. The zero-order chi connectivity index (χ0) is 9.86. The third kappa shape index (κ3) is 4390. The average Bonchev–Trinajstić information content (AvgIpc) is 1.60. The molecule has 0 atom stereocenters. The van der Waals surface area contributed by atoms with Crippen LogP contribution in [0.4, 0.5) is 26.3 Å². The van der Waals surface area contributed by atoms with Crippen LogP contribution < -0.4 is 0 Å². The van der Waals surface area contributed by atoms with E-state index in [4.69, 9.17) is 0 Å². The first-order valence-corrected chi connectivity index (χ1v) is 1.95. The minimum atomic E-state index is -3.08. The molecule has 0 rings (SSSR count). The van der Waals surface area contributed by atoms with E-state index in [2.05, 4.69) is 4.74 Å². The summed E-state index contributed by atoms with van der Waals surface area (Å²) in [4.78, 5) is 0. The molecule has 12 heavy (non-hydrogen) atoms. The summed E-state index contributed by atoms with van der Waals surface area (Å²) in [5.41, 5.74) is 0. The van der Waals surface area contributed by atoms with E-state index in [0.717, 1.165) is 0 Å². The molecule has 0 spiro atoms. The molecule has 0 aliphatic heterocycles. The topological polar surface area (TPSA) is 9.23 Å². The zero-order valence-corrected chi connectivity index (χ0v) is 10.4. The van der Waals surface area contributed by atoms with Gasteiger partial charge >= 0.3 is 27.3 Å². The Hall–Kier alpha value is 0.462. The van der Waals surface area contributed by atoms with Gasteiger partial charge in [0.1, 0.15) is 0 Å². The molecule has 0 aromatic carbocycles. The Labute approximate surface area is 86.2 Å². The van der Waals surface area contributed by atoms with Crippen LogP contribution in [0, 0.1) is 13.4 Å². The largest absolute Gasteiger partial charge is 2.00 e. The Kier molecular flexibility index (Phi) is 42.9. The molecule has 0 bridgehead atoms. The van der Waals surface area contributed by atoms with E-state index in [1.54, 1.807) is 14.2 Å². The van der Waals surface area contributed by atoms with E-state index in [-0.39, 0.29) is 27.3 Å². The Morgan fingerprint density at radius 1 is 0.750 bits per heavy atom. The van der Waals surface area contributed by atoms with Crippen LogP contribution in [0.3, 0.4) is 0 Å². The fourth-order valence-corrected chi connectivity index (χ4v) is 0. The fraction of sp³-hybridized carbons (Fsp3) is 0.500. The summed E-state index contributed by atoms with van der Waals surface area (Å²) in [6, 6.07) is 0. The van der Waals surface area contributed by atoms with Crippen molar-refractivity contribution in [1.82, 2.24) is 0 Å². The predicted octanol–water partition coefficient (Wildman–Crippen LogP) is 2.94. The number of hydrogen-bond acceptors (Lipinski definition) is 1. The molecular formula is C4H6CdF6O. The van der Waals surface area contributed by atoms with Crippen molar-refractivity contribution < 1.29 is 58.4 Å². The SMILES string of the molecule is COC.F[C-](F)F.F[C-](F)F.[Cd+2]. The van der Waals surface area contributed by atoms with Crippen LogP contribution in [0.1, 0.15) is 0 Å². The van der Waals surface area contributed by atoms with E-state index in [9.17, 15) is 26.3 Å². The predicted molar refractivity (Wildman–Crippen MR) is 26.1 cm³/mol. The molecular weight excluding hydrogens is 290 g/mol. The van der Waals surface area contributed by atoms with E-state index in [1.165, 1.54) is 0 Å². The van der Waals surface area contributed by atoms with Gasteiger partial charge in [-0.15, -0.1) is 0 Å². The summed E-state index contributed by atoms with van der Waals surface area (Å²) in [7, 11) is 3.25. The van der Waals surface area contributed by atoms with Crippen LogP contribution in [0.25, 0.3) is 0 Å². The second-order valence-corrected chi connectivity index (χ2v) is 0.837. The summed E-state index contributed by atoms with van der Waals surface area (Å²) in [5.74, 6) is 0. The molecule has 0 N–H and O–H groups in total. The van der Waals surface area contributed by atoms with Crippen molar-refractivity contribution in [1.29, 1.82) is 0 Å². The van der Waals surface area contributed by atoms with Crippen molar-refractivity contribution in [2.45, 2.75) is 0 Å². The van der Waals surface area contributed by atoms with Gasteiger partial charge in [-0.25, -0.2) is 0 Å². The van der Waals surface area contributed by atoms with Gasteiger partial charge in [0.2, 0.25) is 0 Å². The number of hydrogen-bond donors (Lipinski definition) is 0. The Bertz CT molecular complexity index is 43.3. The molecule has 0 saturated heterocycles. The van der Waals surface area contributed by atoms with Crippen molar-refractivity contribution in [2.24, 2.45) is 0 Å². The van der Waals surface area contributed by atoms with Gasteiger partial charge in [-0.05, 0) is 0 Å². The average molecular weight is 296 g/mol. The smallest absolute Gasteiger partial charge is 0.388 e. The van der Waals surface area contributed by atoms with E-state index in [1.807, 2.05) is 0 Å². The van der Waals surface area contributed by atoms with Crippen molar-refractivity contribution in [2.75, 3.05) is 14.2 Å². The number of methoxy groups -OCH3 is 1. The van der Waals surface area contributed by atoms with Gasteiger partial charge in [0, 0.05) is 14.2 Å². The van der Waals surface area contributed by atoms with Crippen LogP contribution in [-0.4, -0.2) is 14.2 Å². The molecule has 0 aromatic heterocycles. The minimum Gasteiger partial charge on any atom is -0.388 e. The maximum Gasteiger partial charge on any atom is 2.00 e. The monoisotopic (exact) mass is 298 g/mol. The Balaban J connectivity index is -0.0000000389. The number of rotatable bonds is 0. The summed E-state index contributed by atoms with van der Waals surface area (Å²) in [6.07, 6.45) is 0. The molecule has 0 saturated carbocycles. The van der Waals surface area contributed by atoms with Crippen LogP contribution in [0.2, 0.25) is 0 Å². The van der Waals surface area contributed by atoms with Crippen molar-refractivity contribution in [3.63, 3.8) is 0 Å². The zero-order valence-electron chi connectivity index (χ0n) is 6.38. The van der Waals surface area contributed by atoms with Crippen molar-refractivity contribution >= 4 is 0 Å². The molecule has 0 heterocycles. The molecule has 0 aliphatic carbocycles. The third-order valence-corrected chi connectivity index (χ3v) is 0. The quantitative estimate of drug-likeness (QED) is 0.379.